The lowest BCUT2D eigenvalue weighted by Gasteiger charge is -2.06. The van der Waals surface area contributed by atoms with Gasteiger partial charge in [-0.1, -0.05) is 19.6 Å². The van der Waals surface area contributed by atoms with Crippen LogP contribution in [0, 0.1) is 5.92 Å². The lowest BCUT2D eigenvalue weighted by atomic mass is 10.1. The van der Waals surface area contributed by atoms with Crippen molar-refractivity contribution in [3.05, 3.63) is 0 Å². The van der Waals surface area contributed by atoms with E-state index in [0.29, 0.717) is 5.75 Å². The Kier molecular flexibility index (Phi) is 4.58. The summed E-state index contributed by atoms with van der Waals surface area (Å²) >= 11 is 4.71. The Labute approximate surface area is 61.0 Å². The molecule has 0 aromatic rings. The highest BCUT2D eigenvalue weighted by Crippen LogP contribution is 2.05. The number of carbonyl (C=O) groups is 1. The Morgan fingerprint density at radius 2 is 2.33 bits per heavy atom. The Morgan fingerprint density at radius 1 is 1.78 bits per heavy atom. The molecule has 9 heavy (non-hydrogen) atoms. The van der Waals surface area contributed by atoms with Crippen LogP contribution in [0.25, 0.3) is 0 Å². The monoisotopic (exact) mass is 147 g/mol. The van der Waals surface area contributed by atoms with Crippen LogP contribution in [0.2, 0.25) is 0 Å². The van der Waals surface area contributed by atoms with Gasteiger partial charge in [-0.15, -0.1) is 0 Å². The molecule has 0 aromatic carbocycles. The summed E-state index contributed by atoms with van der Waals surface area (Å²) in [6.07, 6.45) is 0.774. The van der Waals surface area contributed by atoms with E-state index in [0.717, 1.165) is 6.42 Å². The third-order valence-electron chi connectivity index (χ3n) is 1.23. The van der Waals surface area contributed by atoms with Crippen molar-refractivity contribution in [3.63, 3.8) is 0 Å². The van der Waals surface area contributed by atoms with Crippen LogP contribution in [-0.2, 0) is 9.53 Å². The number of ether oxygens (including phenoxy) is 1. The summed E-state index contributed by atoms with van der Waals surface area (Å²) < 4.78 is 4.49. The molecule has 3 heteroatoms. The van der Waals surface area contributed by atoms with Gasteiger partial charge < -0.3 is 4.74 Å². The molecule has 0 rings (SSSR count). The first-order chi connectivity index (χ1) is 4.26. The summed E-state index contributed by atoms with van der Waals surface area (Å²) in [6, 6.07) is 0. The summed E-state index contributed by atoms with van der Waals surface area (Å²) in [5.41, 5.74) is 0. The maximum absolute atomic E-state index is 10.7. The van der Waals surface area contributed by atoms with Gasteiger partial charge in [0, 0.05) is 5.75 Å². The summed E-state index contributed by atoms with van der Waals surface area (Å²) in [5, 5.41) is 0. The quantitative estimate of drug-likeness (QED) is 0.564. The summed E-state index contributed by atoms with van der Waals surface area (Å²) in [6.45, 7) is 1.92. The molecule has 0 saturated carbocycles. The summed E-state index contributed by atoms with van der Waals surface area (Å²) in [5.74, 6) is 0.195. The average molecular weight is 147 g/mol. The minimum absolute atomic E-state index is 0.0787. The number of esters is 1. The van der Waals surface area contributed by atoms with Crippen molar-refractivity contribution in [2.24, 2.45) is 5.92 Å². The number of methoxy groups -OCH3 is 1. The molecule has 1 unspecified atom stereocenters. The number of hydrogen-bond acceptors (Lipinski definition) is 2. The van der Waals surface area contributed by atoms with E-state index in [4.69, 9.17) is 12.6 Å². The molecule has 0 bridgehead atoms. The lowest BCUT2D eigenvalue weighted by Crippen LogP contribution is -2.16. The van der Waals surface area contributed by atoms with Gasteiger partial charge in [-0.05, 0) is 6.42 Å². The van der Waals surface area contributed by atoms with Gasteiger partial charge in [0.25, 0.3) is 0 Å². The topological polar surface area (TPSA) is 26.3 Å². The SMILES string of the molecule is CCC(C[S])C(=O)OC. The minimum Gasteiger partial charge on any atom is -0.469 e. The largest absolute Gasteiger partial charge is 0.469 e. The van der Waals surface area contributed by atoms with Gasteiger partial charge in [0.1, 0.15) is 0 Å². The van der Waals surface area contributed by atoms with Crippen LogP contribution >= 0.6 is 12.6 Å². The van der Waals surface area contributed by atoms with Crippen molar-refractivity contribution >= 4 is 18.6 Å². The van der Waals surface area contributed by atoms with Gasteiger partial charge in [0.05, 0.1) is 13.0 Å². The highest BCUT2D eigenvalue weighted by molar-refractivity contribution is 7.80. The summed E-state index contributed by atoms with van der Waals surface area (Å²) in [7, 11) is 1.38. The third kappa shape index (κ3) is 2.75. The first-order valence-corrected chi connectivity index (χ1v) is 3.49. The standard InChI is InChI=1S/C6H11O2S/c1-3-5(4-9)6(7)8-2/h5H,3-4H2,1-2H3. The van der Waals surface area contributed by atoms with Crippen molar-refractivity contribution in [2.45, 2.75) is 13.3 Å². The minimum atomic E-state index is -0.187. The zero-order valence-electron chi connectivity index (χ0n) is 5.72. The highest BCUT2D eigenvalue weighted by Gasteiger charge is 2.13. The van der Waals surface area contributed by atoms with Crippen LogP contribution in [-0.4, -0.2) is 18.8 Å². The van der Waals surface area contributed by atoms with Gasteiger partial charge in [0.15, 0.2) is 0 Å². The molecule has 0 amide bonds. The molecule has 1 atom stereocenters. The van der Waals surface area contributed by atoms with Crippen LogP contribution in [0.3, 0.4) is 0 Å². The fourth-order valence-corrected chi connectivity index (χ4v) is 0.891. The maximum Gasteiger partial charge on any atom is 0.309 e. The Morgan fingerprint density at radius 3 is 2.44 bits per heavy atom. The average Bonchev–Trinajstić information content (AvgIpc) is 1.90. The second-order valence-corrected chi connectivity index (χ2v) is 2.13. The molecule has 2 nitrogen and oxygen atoms in total. The van der Waals surface area contributed by atoms with E-state index < -0.39 is 0 Å². The number of rotatable bonds is 3. The van der Waals surface area contributed by atoms with Gasteiger partial charge in [-0.25, -0.2) is 0 Å². The first kappa shape index (κ1) is 8.82. The van der Waals surface area contributed by atoms with Crippen LogP contribution in [0.15, 0.2) is 0 Å². The number of carbonyl (C=O) groups excluding carboxylic acids is 1. The molecular weight excluding hydrogens is 136 g/mol. The van der Waals surface area contributed by atoms with Gasteiger partial charge in [-0.2, -0.15) is 0 Å². The maximum atomic E-state index is 10.7. The molecule has 53 valence electrons. The Bertz CT molecular complexity index is 89.1. The molecule has 1 radical (unpaired) electrons. The Hall–Kier alpha value is -0.180. The fraction of sp³-hybridized carbons (Fsp3) is 0.833. The molecule has 0 aliphatic heterocycles. The fourth-order valence-electron chi connectivity index (χ4n) is 0.519. The second kappa shape index (κ2) is 4.68. The van der Waals surface area contributed by atoms with E-state index in [1.807, 2.05) is 6.92 Å². The molecule has 0 N–H and O–H groups in total. The molecule has 0 spiro atoms. The highest BCUT2D eigenvalue weighted by atomic mass is 32.1. The first-order valence-electron chi connectivity index (χ1n) is 2.92. The molecular formula is C6H11O2S. The number of hydrogen-bond donors (Lipinski definition) is 0. The van der Waals surface area contributed by atoms with Crippen LogP contribution in [0.5, 0.6) is 0 Å². The zero-order valence-corrected chi connectivity index (χ0v) is 6.53. The van der Waals surface area contributed by atoms with Gasteiger partial charge >= 0.3 is 5.97 Å². The van der Waals surface area contributed by atoms with Crippen LogP contribution in [0.4, 0.5) is 0 Å². The van der Waals surface area contributed by atoms with Crippen molar-refractivity contribution in [1.29, 1.82) is 0 Å². The van der Waals surface area contributed by atoms with E-state index in [9.17, 15) is 4.79 Å². The van der Waals surface area contributed by atoms with E-state index in [2.05, 4.69) is 4.74 Å². The van der Waals surface area contributed by atoms with Crippen molar-refractivity contribution in [1.82, 2.24) is 0 Å². The van der Waals surface area contributed by atoms with E-state index >= 15 is 0 Å². The molecule has 0 aliphatic rings. The molecule has 0 aromatic heterocycles. The second-order valence-electron chi connectivity index (χ2n) is 1.79. The lowest BCUT2D eigenvalue weighted by molar-refractivity contribution is -0.144. The third-order valence-corrected chi connectivity index (χ3v) is 1.63. The van der Waals surface area contributed by atoms with Crippen molar-refractivity contribution < 1.29 is 9.53 Å². The van der Waals surface area contributed by atoms with E-state index in [1.165, 1.54) is 7.11 Å². The zero-order chi connectivity index (χ0) is 7.28. The molecule has 0 fully saturated rings. The van der Waals surface area contributed by atoms with E-state index in [1.54, 1.807) is 0 Å². The van der Waals surface area contributed by atoms with Gasteiger partial charge in [0.2, 0.25) is 0 Å². The van der Waals surface area contributed by atoms with Crippen molar-refractivity contribution in [3.8, 4) is 0 Å². The van der Waals surface area contributed by atoms with Crippen LogP contribution < -0.4 is 0 Å². The predicted octanol–water partition coefficient (Wildman–Crippen LogP) is 1.38. The molecule has 0 saturated heterocycles. The van der Waals surface area contributed by atoms with Crippen LogP contribution in [0.1, 0.15) is 13.3 Å². The normalized spacial score (nSPS) is 12.8. The van der Waals surface area contributed by atoms with E-state index in [-0.39, 0.29) is 11.9 Å². The van der Waals surface area contributed by atoms with Crippen molar-refractivity contribution in [2.75, 3.05) is 12.9 Å². The smallest absolute Gasteiger partial charge is 0.309 e. The predicted molar refractivity (Wildman–Crippen MR) is 38.3 cm³/mol. The molecule has 0 aliphatic carbocycles. The molecule has 0 heterocycles. The summed E-state index contributed by atoms with van der Waals surface area (Å²) in [4.78, 5) is 10.7. The van der Waals surface area contributed by atoms with Gasteiger partial charge in [-0.3, -0.25) is 4.79 Å². The Balaban J connectivity index is 3.64.